The Bertz CT molecular complexity index is 843. The Hall–Kier alpha value is -3.09. The van der Waals surface area contributed by atoms with E-state index in [1.165, 1.54) is 0 Å². The fourth-order valence-corrected chi connectivity index (χ4v) is 3.07. The summed E-state index contributed by atoms with van der Waals surface area (Å²) in [5.74, 6) is -0.954. The second-order valence-electron chi connectivity index (χ2n) is 6.43. The molecular weight excluding hydrogens is 348 g/mol. The zero-order chi connectivity index (χ0) is 19.2. The first kappa shape index (κ1) is 18.7. The van der Waals surface area contributed by atoms with E-state index >= 15 is 0 Å². The molecule has 1 heterocycles. The molecule has 27 heavy (non-hydrogen) atoms. The molecular formula is C20H21N2O5-. The second kappa shape index (κ2) is 8.53. The highest BCUT2D eigenvalue weighted by atomic mass is 16.5. The highest BCUT2D eigenvalue weighted by Crippen LogP contribution is 2.20. The summed E-state index contributed by atoms with van der Waals surface area (Å²) in [5.41, 5.74) is 0. The molecule has 0 unspecified atom stereocenters. The Kier molecular flexibility index (Phi) is 5.90. The number of nitrogens with zero attached hydrogens (tertiary/aromatic N) is 2. The summed E-state index contributed by atoms with van der Waals surface area (Å²) in [6, 6.07) is 13.6. The molecule has 7 heteroatoms. The Morgan fingerprint density at radius 2 is 1.48 bits per heavy atom. The van der Waals surface area contributed by atoms with E-state index in [-0.39, 0.29) is 31.3 Å². The van der Waals surface area contributed by atoms with Gasteiger partial charge in [0.15, 0.2) is 6.61 Å². The average Bonchev–Trinajstić information content (AvgIpc) is 2.70. The van der Waals surface area contributed by atoms with Crippen LogP contribution in [0.25, 0.3) is 10.8 Å². The Morgan fingerprint density at radius 3 is 2.15 bits per heavy atom. The molecule has 3 rings (SSSR count). The summed E-state index contributed by atoms with van der Waals surface area (Å²) < 4.78 is 5.62. The minimum Gasteiger partial charge on any atom is -0.550 e. The van der Waals surface area contributed by atoms with Crippen LogP contribution in [0.4, 0.5) is 0 Å². The zero-order valence-corrected chi connectivity index (χ0v) is 14.9. The van der Waals surface area contributed by atoms with E-state index in [1.54, 1.807) is 9.80 Å². The maximum absolute atomic E-state index is 12.3. The van der Waals surface area contributed by atoms with Gasteiger partial charge in [0.2, 0.25) is 5.91 Å². The summed E-state index contributed by atoms with van der Waals surface area (Å²) in [7, 11) is 0. The smallest absolute Gasteiger partial charge is 0.260 e. The Morgan fingerprint density at radius 1 is 0.852 bits per heavy atom. The normalized spacial score (nSPS) is 14.2. The van der Waals surface area contributed by atoms with Crippen LogP contribution in [0.1, 0.15) is 12.8 Å². The summed E-state index contributed by atoms with van der Waals surface area (Å²) >= 11 is 0. The molecule has 0 aromatic heterocycles. The predicted octanol–water partition coefficient (Wildman–Crippen LogP) is 0.420. The van der Waals surface area contributed by atoms with Crippen molar-refractivity contribution in [2.24, 2.45) is 0 Å². The van der Waals surface area contributed by atoms with E-state index in [9.17, 15) is 19.5 Å². The number of aliphatic carboxylic acids is 1. The second-order valence-corrected chi connectivity index (χ2v) is 6.43. The van der Waals surface area contributed by atoms with Crippen LogP contribution >= 0.6 is 0 Å². The fraction of sp³-hybridized carbons (Fsp3) is 0.350. The van der Waals surface area contributed by atoms with Crippen molar-refractivity contribution in [3.8, 4) is 5.75 Å². The van der Waals surface area contributed by atoms with Gasteiger partial charge in [-0.3, -0.25) is 9.59 Å². The minimum absolute atomic E-state index is 0.0586. The molecule has 0 bridgehead atoms. The number of carbonyl (C=O) groups is 3. The number of benzene rings is 2. The van der Waals surface area contributed by atoms with Gasteiger partial charge >= 0.3 is 0 Å². The van der Waals surface area contributed by atoms with Crippen LogP contribution in [0.3, 0.4) is 0 Å². The van der Waals surface area contributed by atoms with Gasteiger partial charge < -0.3 is 24.4 Å². The monoisotopic (exact) mass is 369 g/mol. The standard InChI is InChI=1S/C20H22N2O5/c23-18(7-8-20(25)26)21-9-11-22(12-10-21)19(24)14-27-17-6-5-15-3-1-2-4-16(15)13-17/h1-6,13H,7-12,14H2,(H,25,26)/p-1. The third-order valence-corrected chi connectivity index (χ3v) is 4.61. The van der Waals surface area contributed by atoms with Gasteiger partial charge in [0, 0.05) is 38.6 Å². The van der Waals surface area contributed by atoms with E-state index in [0.29, 0.717) is 31.9 Å². The van der Waals surface area contributed by atoms with Crippen LogP contribution in [0.2, 0.25) is 0 Å². The van der Waals surface area contributed by atoms with Crippen LogP contribution in [0.5, 0.6) is 5.75 Å². The van der Waals surface area contributed by atoms with Gasteiger partial charge in [-0.2, -0.15) is 0 Å². The number of rotatable bonds is 6. The molecule has 0 aliphatic carbocycles. The highest BCUT2D eigenvalue weighted by molar-refractivity contribution is 5.84. The molecule has 7 nitrogen and oxygen atoms in total. The van der Waals surface area contributed by atoms with Crippen molar-refractivity contribution in [2.45, 2.75) is 12.8 Å². The topological polar surface area (TPSA) is 90.0 Å². The molecule has 0 spiro atoms. The van der Waals surface area contributed by atoms with Gasteiger partial charge in [-0.1, -0.05) is 30.3 Å². The van der Waals surface area contributed by atoms with Gasteiger partial charge in [0.05, 0.1) is 0 Å². The highest BCUT2D eigenvalue weighted by Gasteiger charge is 2.24. The molecule has 2 amide bonds. The number of carboxylic acids is 1. The summed E-state index contributed by atoms with van der Waals surface area (Å²) in [4.78, 5) is 37.9. The lowest BCUT2D eigenvalue weighted by Crippen LogP contribution is -2.51. The molecule has 0 atom stereocenters. The van der Waals surface area contributed by atoms with E-state index in [4.69, 9.17) is 4.74 Å². The number of ether oxygens (including phenoxy) is 1. The van der Waals surface area contributed by atoms with Crippen LogP contribution in [-0.2, 0) is 14.4 Å². The van der Waals surface area contributed by atoms with Crippen molar-refractivity contribution < 1.29 is 24.2 Å². The van der Waals surface area contributed by atoms with Gasteiger partial charge in [-0.25, -0.2) is 0 Å². The molecule has 0 radical (unpaired) electrons. The first-order valence-corrected chi connectivity index (χ1v) is 8.90. The lowest BCUT2D eigenvalue weighted by molar-refractivity contribution is -0.305. The Balaban J connectivity index is 1.46. The Labute approximate surface area is 157 Å². The van der Waals surface area contributed by atoms with Crippen molar-refractivity contribution in [1.29, 1.82) is 0 Å². The summed E-state index contributed by atoms with van der Waals surface area (Å²) in [6.45, 7) is 1.56. The largest absolute Gasteiger partial charge is 0.550 e. The molecule has 2 aromatic carbocycles. The molecule has 1 aliphatic rings. The van der Waals surface area contributed by atoms with Crippen molar-refractivity contribution in [3.63, 3.8) is 0 Å². The van der Waals surface area contributed by atoms with Crippen LogP contribution in [0, 0.1) is 0 Å². The summed E-state index contributed by atoms with van der Waals surface area (Å²) in [5, 5.41) is 12.6. The van der Waals surface area contributed by atoms with E-state index in [2.05, 4.69) is 0 Å². The summed E-state index contributed by atoms with van der Waals surface area (Å²) in [6.07, 6.45) is -0.348. The first-order valence-electron chi connectivity index (χ1n) is 8.90. The van der Waals surface area contributed by atoms with E-state index < -0.39 is 5.97 Å². The van der Waals surface area contributed by atoms with Gasteiger partial charge in [0.1, 0.15) is 5.75 Å². The number of hydrogen-bond acceptors (Lipinski definition) is 5. The first-order chi connectivity index (χ1) is 13.0. The number of carboxylic acid groups (broad SMARTS) is 1. The number of piperazine rings is 1. The SMILES string of the molecule is O=C([O-])CCC(=O)N1CCN(C(=O)COc2ccc3ccccc3c2)CC1. The third-order valence-electron chi connectivity index (χ3n) is 4.61. The van der Waals surface area contributed by atoms with Gasteiger partial charge in [-0.15, -0.1) is 0 Å². The van der Waals surface area contributed by atoms with Crippen molar-refractivity contribution in [1.82, 2.24) is 9.80 Å². The fourth-order valence-electron chi connectivity index (χ4n) is 3.07. The van der Waals surface area contributed by atoms with Crippen molar-refractivity contribution in [2.75, 3.05) is 32.8 Å². The van der Waals surface area contributed by atoms with Crippen molar-refractivity contribution in [3.05, 3.63) is 42.5 Å². The minimum atomic E-state index is -1.23. The van der Waals surface area contributed by atoms with E-state index in [1.807, 2.05) is 42.5 Å². The lowest BCUT2D eigenvalue weighted by Gasteiger charge is -2.34. The molecule has 142 valence electrons. The van der Waals surface area contributed by atoms with Crippen LogP contribution < -0.4 is 9.84 Å². The maximum Gasteiger partial charge on any atom is 0.260 e. The third kappa shape index (κ3) is 4.97. The molecule has 0 saturated carbocycles. The van der Waals surface area contributed by atoms with Crippen LogP contribution in [-0.4, -0.2) is 60.4 Å². The van der Waals surface area contributed by atoms with Gasteiger partial charge in [0.25, 0.3) is 5.91 Å². The van der Waals surface area contributed by atoms with Crippen LogP contribution in [0.15, 0.2) is 42.5 Å². The maximum atomic E-state index is 12.3. The number of fused-ring (bicyclic) bond motifs is 1. The molecule has 1 fully saturated rings. The zero-order valence-electron chi connectivity index (χ0n) is 14.9. The molecule has 2 aromatic rings. The predicted molar refractivity (Wildman–Crippen MR) is 96.8 cm³/mol. The van der Waals surface area contributed by atoms with Gasteiger partial charge in [-0.05, 0) is 29.3 Å². The molecule has 1 aliphatic heterocycles. The average molecular weight is 369 g/mol. The number of amides is 2. The lowest BCUT2D eigenvalue weighted by atomic mass is 10.1. The van der Waals surface area contributed by atoms with E-state index in [0.717, 1.165) is 10.8 Å². The number of carbonyl (C=O) groups excluding carboxylic acids is 3. The number of hydrogen-bond donors (Lipinski definition) is 0. The molecule has 0 N–H and O–H groups in total. The molecule has 1 saturated heterocycles. The quantitative estimate of drug-likeness (QED) is 0.736. The van der Waals surface area contributed by atoms with Crippen molar-refractivity contribution >= 4 is 28.6 Å².